The summed E-state index contributed by atoms with van der Waals surface area (Å²) in [7, 11) is 0. The van der Waals surface area contributed by atoms with Crippen molar-refractivity contribution in [2.24, 2.45) is 0 Å². The highest BCUT2D eigenvalue weighted by atomic mass is 16.5. The van der Waals surface area contributed by atoms with Crippen LogP contribution in [0.5, 0.6) is 11.5 Å². The quantitative estimate of drug-likeness (QED) is 0.422. The lowest BCUT2D eigenvalue weighted by molar-refractivity contribution is -0.123. The predicted octanol–water partition coefficient (Wildman–Crippen LogP) is 4.50. The summed E-state index contributed by atoms with van der Waals surface area (Å²) in [4.78, 5) is 11.7. The molecule has 0 spiro atoms. The first-order valence-corrected chi connectivity index (χ1v) is 11.0. The molecule has 0 radical (unpaired) electrons. The highest BCUT2D eigenvalue weighted by molar-refractivity contribution is 5.77. The zero-order valence-electron chi connectivity index (χ0n) is 18.1. The van der Waals surface area contributed by atoms with Gasteiger partial charge in [-0.15, -0.1) is 0 Å². The van der Waals surface area contributed by atoms with Gasteiger partial charge in [0.1, 0.15) is 11.5 Å². The minimum atomic E-state index is -0.245. The van der Waals surface area contributed by atoms with Crippen molar-refractivity contribution in [1.29, 1.82) is 0 Å². The van der Waals surface area contributed by atoms with Crippen LogP contribution in [-0.4, -0.2) is 37.4 Å². The average Bonchev–Trinajstić information content (AvgIpc) is 2.77. The van der Waals surface area contributed by atoms with E-state index in [1.165, 1.54) is 32.1 Å². The molecule has 2 aromatic carbocycles. The van der Waals surface area contributed by atoms with E-state index in [4.69, 9.17) is 14.6 Å². The van der Waals surface area contributed by atoms with Gasteiger partial charge in [0.2, 0.25) is 0 Å². The molecule has 0 fully saturated rings. The van der Waals surface area contributed by atoms with Crippen molar-refractivity contribution in [3.63, 3.8) is 0 Å². The van der Waals surface area contributed by atoms with Crippen LogP contribution in [0.3, 0.4) is 0 Å². The maximum absolute atomic E-state index is 11.7. The summed E-state index contributed by atoms with van der Waals surface area (Å²) in [6.07, 6.45) is 8.26. The Bertz CT molecular complexity index is 730. The van der Waals surface area contributed by atoms with Gasteiger partial charge in [-0.2, -0.15) is 0 Å². The molecule has 0 aliphatic rings. The highest BCUT2D eigenvalue weighted by Gasteiger charge is 2.07. The van der Waals surface area contributed by atoms with Gasteiger partial charge in [0, 0.05) is 13.0 Å². The third-order valence-corrected chi connectivity index (χ3v) is 4.85. The van der Waals surface area contributed by atoms with Crippen LogP contribution in [0.15, 0.2) is 48.5 Å². The third-order valence-electron chi connectivity index (χ3n) is 4.85. The molecule has 0 heterocycles. The van der Waals surface area contributed by atoms with E-state index in [-0.39, 0.29) is 25.7 Å². The van der Waals surface area contributed by atoms with E-state index in [0.717, 1.165) is 29.9 Å². The second-order valence-corrected chi connectivity index (χ2v) is 7.41. The highest BCUT2D eigenvalue weighted by Crippen LogP contribution is 2.23. The van der Waals surface area contributed by atoms with Crippen molar-refractivity contribution in [2.75, 3.05) is 26.4 Å². The Balaban J connectivity index is 1.79. The standard InChI is InChI=1S/C25H35NO4/c1-2-3-4-5-6-9-18-29-23-14-12-21(13-15-23)19-22-10-7-8-11-24(22)30-20-25(28)26-16-17-27/h7-8,10-15,27H,2-6,9,16-20H2,1H3,(H,26,28). The first kappa shape index (κ1) is 23.7. The number of hydrogen-bond acceptors (Lipinski definition) is 4. The average molecular weight is 414 g/mol. The number of carbonyl (C=O) groups excluding carboxylic acids is 1. The molecule has 164 valence electrons. The molecule has 5 heteroatoms. The van der Waals surface area contributed by atoms with E-state index in [1.807, 2.05) is 36.4 Å². The zero-order valence-corrected chi connectivity index (χ0v) is 18.1. The number of unbranched alkanes of at least 4 members (excludes halogenated alkanes) is 5. The Labute approximate surface area is 180 Å². The number of amides is 1. The Kier molecular flexibility index (Phi) is 11.4. The smallest absolute Gasteiger partial charge is 0.258 e. The molecule has 5 nitrogen and oxygen atoms in total. The lowest BCUT2D eigenvalue weighted by Gasteiger charge is -2.12. The van der Waals surface area contributed by atoms with Crippen molar-refractivity contribution in [1.82, 2.24) is 5.32 Å². The summed E-state index contributed by atoms with van der Waals surface area (Å²) in [5, 5.41) is 11.3. The number of benzene rings is 2. The maximum atomic E-state index is 11.7. The third kappa shape index (κ3) is 9.31. The summed E-state index contributed by atoms with van der Waals surface area (Å²) >= 11 is 0. The molecule has 2 rings (SSSR count). The van der Waals surface area contributed by atoms with E-state index < -0.39 is 0 Å². The van der Waals surface area contributed by atoms with Gasteiger partial charge < -0.3 is 19.9 Å². The van der Waals surface area contributed by atoms with Crippen LogP contribution in [0.25, 0.3) is 0 Å². The van der Waals surface area contributed by atoms with Gasteiger partial charge in [0.15, 0.2) is 6.61 Å². The van der Waals surface area contributed by atoms with Crippen LogP contribution in [0.2, 0.25) is 0 Å². The van der Waals surface area contributed by atoms with Gasteiger partial charge >= 0.3 is 0 Å². The molecule has 2 aromatic rings. The molecule has 0 aliphatic heterocycles. The van der Waals surface area contributed by atoms with Gasteiger partial charge in [0.25, 0.3) is 5.91 Å². The van der Waals surface area contributed by atoms with E-state index in [0.29, 0.717) is 12.2 Å². The molecule has 1 amide bonds. The van der Waals surface area contributed by atoms with Gasteiger partial charge in [-0.25, -0.2) is 0 Å². The molecule has 0 saturated carbocycles. The molecular formula is C25H35NO4. The van der Waals surface area contributed by atoms with Gasteiger partial charge in [-0.1, -0.05) is 69.4 Å². The van der Waals surface area contributed by atoms with Crippen LogP contribution in [0.4, 0.5) is 0 Å². The molecular weight excluding hydrogens is 378 g/mol. The Morgan fingerprint density at radius 1 is 0.933 bits per heavy atom. The largest absolute Gasteiger partial charge is 0.494 e. The predicted molar refractivity (Wildman–Crippen MR) is 120 cm³/mol. The minimum absolute atomic E-state index is 0.0672. The fourth-order valence-corrected chi connectivity index (χ4v) is 3.18. The summed E-state index contributed by atoms with van der Waals surface area (Å²) in [5.74, 6) is 1.35. The summed E-state index contributed by atoms with van der Waals surface area (Å²) < 4.78 is 11.5. The molecule has 0 aromatic heterocycles. The molecule has 0 atom stereocenters. The zero-order chi connectivity index (χ0) is 21.4. The fourth-order valence-electron chi connectivity index (χ4n) is 3.18. The van der Waals surface area contributed by atoms with Gasteiger partial charge in [0.05, 0.1) is 13.2 Å². The lowest BCUT2D eigenvalue weighted by atomic mass is 10.0. The SMILES string of the molecule is CCCCCCCCOc1ccc(Cc2ccccc2OCC(=O)NCCO)cc1. The van der Waals surface area contributed by atoms with Crippen molar-refractivity contribution < 1.29 is 19.4 Å². The number of hydrogen-bond donors (Lipinski definition) is 2. The first-order chi connectivity index (χ1) is 14.7. The Hall–Kier alpha value is -2.53. The van der Waals surface area contributed by atoms with Crippen molar-refractivity contribution in [2.45, 2.75) is 51.9 Å². The number of nitrogens with one attached hydrogen (secondary N) is 1. The molecule has 0 saturated heterocycles. The van der Waals surface area contributed by atoms with Crippen LogP contribution in [0, 0.1) is 0 Å². The second-order valence-electron chi connectivity index (χ2n) is 7.41. The van der Waals surface area contributed by atoms with Crippen LogP contribution in [0.1, 0.15) is 56.6 Å². The van der Waals surface area contributed by atoms with E-state index in [1.54, 1.807) is 0 Å². The molecule has 2 N–H and O–H groups in total. The summed E-state index contributed by atoms with van der Waals surface area (Å²) in [6, 6.07) is 15.9. The second kappa shape index (κ2) is 14.5. The van der Waals surface area contributed by atoms with Crippen molar-refractivity contribution in [3.05, 3.63) is 59.7 Å². The number of ether oxygens (including phenoxy) is 2. The lowest BCUT2D eigenvalue weighted by Crippen LogP contribution is -2.31. The number of para-hydroxylation sites is 1. The monoisotopic (exact) mass is 413 g/mol. The maximum Gasteiger partial charge on any atom is 0.258 e. The van der Waals surface area contributed by atoms with Crippen LogP contribution >= 0.6 is 0 Å². The first-order valence-electron chi connectivity index (χ1n) is 11.0. The van der Waals surface area contributed by atoms with E-state index >= 15 is 0 Å². The van der Waals surface area contributed by atoms with Gasteiger partial charge in [-0.05, 0) is 35.7 Å². The van der Waals surface area contributed by atoms with Crippen LogP contribution in [-0.2, 0) is 11.2 Å². The fraction of sp³-hybridized carbons (Fsp3) is 0.480. The number of aliphatic hydroxyl groups is 1. The number of aliphatic hydroxyl groups excluding tert-OH is 1. The molecule has 30 heavy (non-hydrogen) atoms. The topological polar surface area (TPSA) is 67.8 Å². The van der Waals surface area contributed by atoms with Crippen molar-refractivity contribution in [3.8, 4) is 11.5 Å². The minimum Gasteiger partial charge on any atom is -0.494 e. The normalized spacial score (nSPS) is 10.6. The molecule has 0 unspecified atom stereocenters. The number of carbonyl (C=O) groups is 1. The van der Waals surface area contributed by atoms with Gasteiger partial charge in [-0.3, -0.25) is 4.79 Å². The molecule has 0 bridgehead atoms. The Morgan fingerprint density at radius 3 is 2.43 bits per heavy atom. The molecule has 0 aliphatic carbocycles. The summed E-state index contributed by atoms with van der Waals surface area (Å²) in [5.41, 5.74) is 2.18. The summed E-state index contributed by atoms with van der Waals surface area (Å²) in [6.45, 7) is 3.08. The van der Waals surface area contributed by atoms with Crippen molar-refractivity contribution >= 4 is 5.91 Å². The Morgan fingerprint density at radius 2 is 1.67 bits per heavy atom. The van der Waals surface area contributed by atoms with E-state index in [2.05, 4.69) is 24.4 Å². The van der Waals surface area contributed by atoms with Crippen LogP contribution < -0.4 is 14.8 Å². The number of rotatable bonds is 15. The van der Waals surface area contributed by atoms with E-state index in [9.17, 15) is 4.79 Å².